The van der Waals surface area contributed by atoms with E-state index in [1.807, 2.05) is 6.92 Å². The summed E-state index contributed by atoms with van der Waals surface area (Å²) in [6, 6.07) is 4.68. The van der Waals surface area contributed by atoms with Crippen molar-refractivity contribution < 1.29 is 12.8 Å². The van der Waals surface area contributed by atoms with Crippen molar-refractivity contribution in [3.8, 4) is 0 Å². The molecule has 2 rings (SSSR count). The molecule has 20 heavy (non-hydrogen) atoms. The van der Waals surface area contributed by atoms with E-state index in [1.54, 1.807) is 12.1 Å². The Kier molecular flexibility index (Phi) is 4.66. The summed E-state index contributed by atoms with van der Waals surface area (Å²) in [6.45, 7) is 3.85. The van der Waals surface area contributed by atoms with Gasteiger partial charge in [-0.1, -0.05) is 17.7 Å². The zero-order valence-electron chi connectivity index (χ0n) is 11.1. The fourth-order valence-electron chi connectivity index (χ4n) is 2.33. The van der Waals surface area contributed by atoms with Gasteiger partial charge < -0.3 is 0 Å². The minimum atomic E-state index is -3.62. The first-order chi connectivity index (χ1) is 9.29. The Morgan fingerprint density at radius 2 is 1.90 bits per heavy atom. The molecular formula is C12H17ClFN3O2S. The maximum atomic E-state index is 13.2. The monoisotopic (exact) mass is 321 g/mol. The van der Waals surface area contributed by atoms with Gasteiger partial charge in [-0.05, 0) is 24.6 Å². The Morgan fingerprint density at radius 3 is 2.40 bits per heavy atom. The summed E-state index contributed by atoms with van der Waals surface area (Å²) in [5.74, 6) is -0.443. The predicted molar refractivity (Wildman–Crippen MR) is 76.1 cm³/mol. The number of rotatable bonds is 3. The number of piperazine rings is 1. The van der Waals surface area contributed by atoms with Gasteiger partial charge in [0.1, 0.15) is 5.82 Å². The molecule has 1 aliphatic rings. The highest BCUT2D eigenvalue weighted by atomic mass is 35.5. The van der Waals surface area contributed by atoms with Crippen LogP contribution in [-0.4, -0.2) is 43.8 Å². The largest absolute Gasteiger partial charge is 0.294 e. The van der Waals surface area contributed by atoms with Crippen molar-refractivity contribution in [1.82, 2.24) is 9.21 Å². The van der Waals surface area contributed by atoms with E-state index in [-0.39, 0.29) is 11.1 Å². The molecule has 0 aromatic heterocycles. The van der Waals surface area contributed by atoms with E-state index < -0.39 is 16.0 Å². The van der Waals surface area contributed by atoms with Gasteiger partial charge in [0.25, 0.3) is 10.2 Å². The first-order valence-electron chi connectivity index (χ1n) is 6.26. The highest BCUT2D eigenvalue weighted by Crippen LogP contribution is 2.25. The molecule has 0 saturated carbocycles. The predicted octanol–water partition coefficient (Wildman–Crippen LogP) is 1.36. The van der Waals surface area contributed by atoms with Crippen molar-refractivity contribution in [1.29, 1.82) is 0 Å². The molecule has 8 heteroatoms. The molecule has 1 aromatic carbocycles. The van der Waals surface area contributed by atoms with Gasteiger partial charge in [-0.15, -0.1) is 0 Å². The highest BCUT2D eigenvalue weighted by Gasteiger charge is 2.27. The summed E-state index contributed by atoms with van der Waals surface area (Å²) in [6.07, 6.45) is 0. The maximum absolute atomic E-state index is 13.2. The van der Waals surface area contributed by atoms with Crippen molar-refractivity contribution in [3.05, 3.63) is 34.6 Å². The van der Waals surface area contributed by atoms with E-state index in [9.17, 15) is 12.8 Å². The number of benzene rings is 1. The third-order valence-electron chi connectivity index (χ3n) is 3.61. The van der Waals surface area contributed by atoms with E-state index in [4.69, 9.17) is 16.7 Å². The second-order valence-corrected chi connectivity index (χ2v) is 6.78. The van der Waals surface area contributed by atoms with E-state index in [0.29, 0.717) is 26.2 Å². The molecule has 0 spiro atoms. The van der Waals surface area contributed by atoms with Crippen molar-refractivity contribution in [3.63, 3.8) is 0 Å². The van der Waals surface area contributed by atoms with Crippen LogP contribution in [0.5, 0.6) is 0 Å². The van der Waals surface area contributed by atoms with Crippen molar-refractivity contribution in [2.24, 2.45) is 5.14 Å². The van der Waals surface area contributed by atoms with Crippen LogP contribution in [0.4, 0.5) is 4.39 Å². The molecule has 0 aliphatic carbocycles. The number of hydrogen-bond donors (Lipinski definition) is 1. The van der Waals surface area contributed by atoms with Gasteiger partial charge in [-0.3, -0.25) is 4.90 Å². The summed E-state index contributed by atoms with van der Waals surface area (Å²) in [5, 5.41) is 5.19. The molecule has 2 N–H and O–H groups in total. The Balaban J connectivity index is 2.04. The van der Waals surface area contributed by atoms with E-state index in [0.717, 1.165) is 5.56 Å². The molecule has 112 valence electrons. The van der Waals surface area contributed by atoms with Crippen LogP contribution in [0.2, 0.25) is 5.02 Å². The van der Waals surface area contributed by atoms with Crippen LogP contribution in [0.1, 0.15) is 18.5 Å². The topological polar surface area (TPSA) is 66.6 Å². The molecule has 1 atom stereocenters. The number of hydrogen-bond acceptors (Lipinski definition) is 3. The minimum Gasteiger partial charge on any atom is -0.294 e. The minimum absolute atomic E-state index is 0.0377. The van der Waals surface area contributed by atoms with Crippen molar-refractivity contribution >= 4 is 21.8 Å². The summed E-state index contributed by atoms with van der Waals surface area (Å²) in [7, 11) is -3.62. The Morgan fingerprint density at radius 1 is 1.30 bits per heavy atom. The van der Waals surface area contributed by atoms with Gasteiger partial charge in [0.05, 0.1) is 5.02 Å². The summed E-state index contributed by atoms with van der Waals surface area (Å²) in [4.78, 5) is 2.12. The molecule has 0 bridgehead atoms. The third kappa shape index (κ3) is 3.48. The first kappa shape index (κ1) is 15.7. The van der Waals surface area contributed by atoms with Crippen LogP contribution in [0.25, 0.3) is 0 Å². The van der Waals surface area contributed by atoms with Gasteiger partial charge in [-0.2, -0.15) is 12.7 Å². The van der Waals surface area contributed by atoms with Crippen molar-refractivity contribution in [2.45, 2.75) is 13.0 Å². The van der Waals surface area contributed by atoms with Gasteiger partial charge in [-0.25, -0.2) is 9.53 Å². The van der Waals surface area contributed by atoms with Gasteiger partial charge in [0, 0.05) is 32.2 Å². The molecule has 1 saturated heterocycles. The maximum Gasteiger partial charge on any atom is 0.276 e. The standard InChI is InChI=1S/C12H17ClFN3O2S/c1-9(10-2-3-12(14)11(13)8-10)16-4-6-17(7-5-16)20(15,18)19/h2-3,8-9H,4-7H2,1H3,(H2,15,18,19). The summed E-state index contributed by atoms with van der Waals surface area (Å²) in [5.41, 5.74) is 0.903. The molecule has 0 amide bonds. The fourth-order valence-corrected chi connectivity index (χ4v) is 3.19. The fraction of sp³-hybridized carbons (Fsp3) is 0.500. The lowest BCUT2D eigenvalue weighted by Gasteiger charge is -2.36. The first-order valence-corrected chi connectivity index (χ1v) is 8.14. The average molecular weight is 322 g/mol. The lowest BCUT2D eigenvalue weighted by molar-refractivity contribution is 0.146. The zero-order chi connectivity index (χ0) is 14.9. The molecule has 1 fully saturated rings. The normalized spacial score (nSPS) is 20.0. The molecule has 5 nitrogen and oxygen atoms in total. The van der Waals surface area contributed by atoms with Crippen LogP contribution in [0, 0.1) is 5.82 Å². The van der Waals surface area contributed by atoms with Crippen molar-refractivity contribution in [2.75, 3.05) is 26.2 Å². The van der Waals surface area contributed by atoms with Crippen LogP contribution >= 0.6 is 11.6 Å². The van der Waals surface area contributed by atoms with E-state index in [2.05, 4.69) is 4.90 Å². The Labute approximate surface area is 123 Å². The van der Waals surface area contributed by atoms with Crippen LogP contribution < -0.4 is 5.14 Å². The smallest absolute Gasteiger partial charge is 0.276 e. The number of nitrogens with two attached hydrogens (primary N) is 1. The molecule has 1 aromatic rings. The van der Waals surface area contributed by atoms with Crippen LogP contribution in [0.3, 0.4) is 0 Å². The second kappa shape index (κ2) is 5.95. The third-order valence-corrected chi connectivity index (χ3v) is 4.98. The van der Waals surface area contributed by atoms with E-state index >= 15 is 0 Å². The average Bonchev–Trinajstić information content (AvgIpc) is 2.40. The lowest BCUT2D eigenvalue weighted by atomic mass is 10.1. The Hall–Kier alpha value is -0.730. The van der Waals surface area contributed by atoms with Gasteiger partial charge >= 0.3 is 0 Å². The molecule has 1 heterocycles. The van der Waals surface area contributed by atoms with Crippen LogP contribution in [-0.2, 0) is 10.2 Å². The second-order valence-electron chi connectivity index (χ2n) is 4.83. The number of halogens is 2. The highest BCUT2D eigenvalue weighted by molar-refractivity contribution is 7.86. The molecule has 1 unspecified atom stereocenters. The molecule has 0 radical (unpaired) electrons. The Bertz CT molecular complexity index is 588. The SMILES string of the molecule is CC(c1ccc(F)c(Cl)c1)N1CCN(S(N)(=O)=O)CC1. The van der Waals surface area contributed by atoms with E-state index in [1.165, 1.54) is 10.4 Å². The molecular weight excluding hydrogens is 305 g/mol. The molecule has 1 aliphatic heterocycles. The van der Waals surface area contributed by atoms with Crippen LogP contribution in [0.15, 0.2) is 18.2 Å². The van der Waals surface area contributed by atoms with Gasteiger partial charge in [0.2, 0.25) is 0 Å². The van der Waals surface area contributed by atoms with Gasteiger partial charge in [0.15, 0.2) is 0 Å². The zero-order valence-corrected chi connectivity index (χ0v) is 12.7. The lowest BCUT2D eigenvalue weighted by Crippen LogP contribution is -2.51. The summed E-state index contributed by atoms with van der Waals surface area (Å²) < 4.78 is 36.9. The number of nitrogens with zero attached hydrogens (tertiary/aromatic N) is 2. The quantitative estimate of drug-likeness (QED) is 0.914. The summed E-state index contributed by atoms with van der Waals surface area (Å²) >= 11 is 5.78.